The van der Waals surface area contributed by atoms with E-state index in [4.69, 9.17) is 9.47 Å². The Balaban J connectivity index is 1.77. The summed E-state index contributed by atoms with van der Waals surface area (Å²) in [6.07, 6.45) is 0. The molecular weight excluding hydrogens is 403 g/mol. The maximum Gasteiger partial charge on any atom is 0.260 e. The van der Waals surface area contributed by atoms with E-state index in [2.05, 4.69) is 4.98 Å². The molecule has 0 unspecified atom stereocenters. The van der Waals surface area contributed by atoms with Crippen LogP contribution in [-0.2, 0) is 6.54 Å². The molecule has 0 saturated heterocycles. The third kappa shape index (κ3) is 3.97. The molecular formula is C23H19FN2O3S. The Morgan fingerprint density at radius 2 is 1.77 bits per heavy atom. The summed E-state index contributed by atoms with van der Waals surface area (Å²) in [6.45, 7) is 0.330. The molecule has 0 N–H and O–H groups in total. The molecule has 0 fully saturated rings. The van der Waals surface area contributed by atoms with Crippen LogP contribution in [0.25, 0.3) is 10.2 Å². The Labute approximate surface area is 177 Å². The van der Waals surface area contributed by atoms with Gasteiger partial charge in [-0.05, 0) is 42.0 Å². The normalized spacial score (nSPS) is 10.8. The standard InChI is InChI=1S/C23H19FN2O3S/c1-28-19-11-8-16(12-20(19)29-2)22(27)26(14-15-6-4-3-5-7-15)23-25-18-10-9-17(24)13-21(18)30-23/h3-13H,14H2,1-2H3. The van der Waals surface area contributed by atoms with Gasteiger partial charge in [0.1, 0.15) is 5.82 Å². The highest BCUT2D eigenvalue weighted by Gasteiger charge is 2.23. The zero-order valence-corrected chi connectivity index (χ0v) is 17.3. The number of carbonyl (C=O) groups is 1. The summed E-state index contributed by atoms with van der Waals surface area (Å²) < 4.78 is 24.9. The molecule has 0 saturated carbocycles. The first-order chi connectivity index (χ1) is 14.6. The Morgan fingerprint density at radius 3 is 2.50 bits per heavy atom. The van der Waals surface area contributed by atoms with Gasteiger partial charge in [0, 0.05) is 5.56 Å². The van der Waals surface area contributed by atoms with Gasteiger partial charge in [0.2, 0.25) is 0 Å². The Bertz CT molecular complexity index is 1190. The first-order valence-electron chi connectivity index (χ1n) is 9.23. The summed E-state index contributed by atoms with van der Waals surface area (Å²) in [7, 11) is 3.07. The van der Waals surface area contributed by atoms with E-state index in [-0.39, 0.29) is 11.7 Å². The summed E-state index contributed by atoms with van der Waals surface area (Å²) in [6, 6.07) is 19.1. The number of hydrogen-bond donors (Lipinski definition) is 0. The van der Waals surface area contributed by atoms with Crippen molar-refractivity contribution in [3.05, 3.63) is 83.7 Å². The second kappa shape index (κ2) is 8.51. The highest BCUT2D eigenvalue weighted by Crippen LogP contribution is 2.33. The van der Waals surface area contributed by atoms with Crippen molar-refractivity contribution < 1.29 is 18.7 Å². The third-order valence-corrected chi connectivity index (χ3v) is 5.67. The summed E-state index contributed by atoms with van der Waals surface area (Å²) in [5.74, 6) is 0.436. The predicted octanol–water partition coefficient (Wildman–Crippen LogP) is 5.30. The fraction of sp³-hybridized carbons (Fsp3) is 0.130. The lowest BCUT2D eigenvalue weighted by atomic mass is 10.1. The number of aromatic nitrogens is 1. The topological polar surface area (TPSA) is 51.7 Å². The molecule has 1 heterocycles. The van der Waals surface area contributed by atoms with Gasteiger partial charge >= 0.3 is 0 Å². The number of fused-ring (bicyclic) bond motifs is 1. The van der Waals surface area contributed by atoms with E-state index in [9.17, 15) is 9.18 Å². The Morgan fingerprint density at radius 1 is 1.00 bits per heavy atom. The Kier molecular flexibility index (Phi) is 5.63. The monoisotopic (exact) mass is 422 g/mol. The molecule has 3 aromatic carbocycles. The van der Waals surface area contributed by atoms with Crippen LogP contribution in [0, 0.1) is 5.82 Å². The van der Waals surface area contributed by atoms with Crippen molar-refractivity contribution >= 4 is 32.6 Å². The molecule has 7 heteroatoms. The third-order valence-electron chi connectivity index (χ3n) is 4.63. The molecule has 30 heavy (non-hydrogen) atoms. The molecule has 152 valence electrons. The molecule has 4 rings (SSSR count). The fourth-order valence-corrected chi connectivity index (χ4v) is 4.11. The lowest BCUT2D eigenvalue weighted by molar-refractivity contribution is 0.0984. The highest BCUT2D eigenvalue weighted by atomic mass is 32.1. The minimum Gasteiger partial charge on any atom is -0.493 e. The van der Waals surface area contributed by atoms with Crippen molar-refractivity contribution in [2.45, 2.75) is 6.54 Å². The van der Waals surface area contributed by atoms with Crippen molar-refractivity contribution in [2.24, 2.45) is 0 Å². The van der Waals surface area contributed by atoms with Gasteiger partial charge in [0.15, 0.2) is 16.6 Å². The van der Waals surface area contributed by atoms with Crippen LogP contribution in [0.4, 0.5) is 9.52 Å². The van der Waals surface area contributed by atoms with Crippen LogP contribution in [0.5, 0.6) is 11.5 Å². The van der Waals surface area contributed by atoms with Gasteiger partial charge in [-0.3, -0.25) is 9.69 Å². The smallest absolute Gasteiger partial charge is 0.260 e. The summed E-state index contributed by atoms with van der Waals surface area (Å²) in [5, 5.41) is 0.499. The number of rotatable bonds is 6. The van der Waals surface area contributed by atoms with Gasteiger partial charge in [0.25, 0.3) is 5.91 Å². The summed E-state index contributed by atoms with van der Waals surface area (Å²) in [4.78, 5) is 19.7. The second-order valence-electron chi connectivity index (χ2n) is 6.56. The molecule has 0 atom stereocenters. The highest BCUT2D eigenvalue weighted by molar-refractivity contribution is 7.22. The quantitative estimate of drug-likeness (QED) is 0.423. The lowest BCUT2D eigenvalue weighted by Gasteiger charge is -2.20. The average molecular weight is 422 g/mol. The molecule has 0 aliphatic heterocycles. The molecule has 0 radical (unpaired) electrons. The molecule has 0 aliphatic rings. The van der Waals surface area contributed by atoms with Gasteiger partial charge in [0.05, 0.1) is 31.0 Å². The van der Waals surface area contributed by atoms with Gasteiger partial charge in [-0.25, -0.2) is 9.37 Å². The van der Waals surface area contributed by atoms with E-state index in [1.54, 1.807) is 36.3 Å². The average Bonchev–Trinajstić information content (AvgIpc) is 3.20. The van der Waals surface area contributed by atoms with Crippen LogP contribution in [0.1, 0.15) is 15.9 Å². The molecule has 5 nitrogen and oxygen atoms in total. The van der Waals surface area contributed by atoms with Crippen molar-refractivity contribution in [1.29, 1.82) is 0 Å². The number of thiazole rings is 1. The molecule has 1 aromatic heterocycles. The number of nitrogens with zero attached hydrogens (tertiary/aromatic N) is 2. The molecule has 1 amide bonds. The van der Waals surface area contributed by atoms with Crippen LogP contribution < -0.4 is 14.4 Å². The largest absolute Gasteiger partial charge is 0.493 e. The number of benzene rings is 3. The van der Waals surface area contributed by atoms with E-state index < -0.39 is 0 Å². The molecule has 0 spiro atoms. The van der Waals surface area contributed by atoms with Crippen molar-refractivity contribution in [3.63, 3.8) is 0 Å². The predicted molar refractivity (Wildman–Crippen MR) is 116 cm³/mol. The maximum atomic E-state index is 13.6. The van der Waals surface area contributed by atoms with E-state index in [0.717, 1.165) is 5.56 Å². The maximum absolute atomic E-state index is 13.6. The number of anilines is 1. The van der Waals surface area contributed by atoms with Crippen molar-refractivity contribution in [2.75, 3.05) is 19.1 Å². The number of halogens is 1. The van der Waals surface area contributed by atoms with Crippen LogP contribution in [0.15, 0.2) is 66.7 Å². The molecule has 0 aliphatic carbocycles. The number of ether oxygens (including phenoxy) is 2. The fourth-order valence-electron chi connectivity index (χ4n) is 3.12. The van der Waals surface area contributed by atoms with E-state index in [1.807, 2.05) is 30.3 Å². The zero-order chi connectivity index (χ0) is 21.1. The van der Waals surface area contributed by atoms with E-state index in [0.29, 0.717) is 39.0 Å². The molecule has 4 aromatic rings. The number of hydrogen-bond acceptors (Lipinski definition) is 5. The van der Waals surface area contributed by atoms with Crippen LogP contribution >= 0.6 is 11.3 Å². The van der Waals surface area contributed by atoms with Crippen molar-refractivity contribution in [3.8, 4) is 11.5 Å². The van der Waals surface area contributed by atoms with E-state index >= 15 is 0 Å². The second-order valence-corrected chi connectivity index (χ2v) is 7.56. The number of amides is 1. The van der Waals surface area contributed by atoms with E-state index in [1.165, 1.54) is 30.6 Å². The minimum absolute atomic E-state index is 0.237. The Hall–Kier alpha value is -3.45. The lowest BCUT2D eigenvalue weighted by Crippen LogP contribution is -2.30. The van der Waals surface area contributed by atoms with Gasteiger partial charge in [-0.2, -0.15) is 0 Å². The van der Waals surface area contributed by atoms with Crippen LogP contribution in [0.3, 0.4) is 0 Å². The molecule has 0 bridgehead atoms. The SMILES string of the molecule is COc1ccc(C(=O)N(Cc2ccccc2)c2nc3ccc(F)cc3s2)cc1OC. The minimum atomic E-state index is -0.335. The zero-order valence-electron chi connectivity index (χ0n) is 16.5. The summed E-state index contributed by atoms with van der Waals surface area (Å²) >= 11 is 1.28. The number of carbonyl (C=O) groups excluding carboxylic acids is 1. The summed E-state index contributed by atoms with van der Waals surface area (Å²) in [5.41, 5.74) is 2.04. The van der Waals surface area contributed by atoms with Gasteiger partial charge < -0.3 is 9.47 Å². The van der Waals surface area contributed by atoms with Crippen LogP contribution in [-0.4, -0.2) is 25.1 Å². The van der Waals surface area contributed by atoms with Gasteiger partial charge in [-0.1, -0.05) is 41.7 Å². The van der Waals surface area contributed by atoms with Gasteiger partial charge in [-0.15, -0.1) is 0 Å². The van der Waals surface area contributed by atoms with Crippen LogP contribution in [0.2, 0.25) is 0 Å². The first-order valence-corrected chi connectivity index (χ1v) is 10.0. The first kappa shape index (κ1) is 19.8. The number of methoxy groups -OCH3 is 2. The van der Waals surface area contributed by atoms with Crippen molar-refractivity contribution in [1.82, 2.24) is 4.98 Å².